The zero-order chi connectivity index (χ0) is 22.5. The summed E-state index contributed by atoms with van der Waals surface area (Å²) in [5.74, 6) is -0.0692. The number of nitriles is 1. The molecule has 1 aromatic rings. The number of fused-ring (bicyclic) bond motifs is 3. The number of halogens is 1. The highest BCUT2D eigenvalue weighted by atomic mass is 19.1. The number of carbonyl (C=O) groups excluding carboxylic acids is 1. The first-order valence-corrected chi connectivity index (χ1v) is 12.5. The zero-order valence-electron chi connectivity index (χ0n) is 18.9. The van der Waals surface area contributed by atoms with Gasteiger partial charge in [-0.05, 0) is 55.7 Å². The van der Waals surface area contributed by atoms with E-state index in [-0.39, 0.29) is 24.2 Å². The Balaban J connectivity index is 1.09. The van der Waals surface area contributed by atoms with E-state index in [0.29, 0.717) is 35.6 Å². The molecule has 4 heterocycles. The van der Waals surface area contributed by atoms with Crippen LogP contribution in [-0.2, 0) is 16.0 Å². The predicted octanol–water partition coefficient (Wildman–Crippen LogP) is 1.57. The highest BCUT2D eigenvalue weighted by Gasteiger charge is 2.46. The van der Waals surface area contributed by atoms with Crippen molar-refractivity contribution in [3.05, 3.63) is 29.6 Å². The van der Waals surface area contributed by atoms with E-state index in [1.165, 1.54) is 0 Å². The largest absolute Gasteiger partial charge is 0.378 e. The van der Waals surface area contributed by atoms with Gasteiger partial charge in [-0.3, -0.25) is 9.69 Å². The third kappa shape index (κ3) is 3.80. The van der Waals surface area contributed by atoms with Crippen LogP contribution in [0.2, 0.25) is 0 Å². The average Bonchev–Trinajstić information content (AvgIpc) is 3.56. The Morgan fingerprint density at radius 1 is 1.24 bits per heavy atom. The quantitative estimate of drug-likeness (QED) is 0.681. The fourth-order valence-corrected chi connectivity index (χ4v) is 6.85. The Morgan fingerprint density at radius 3 is 2.76 bits per heavy atom. The molecule has 0 spiro atoms. The molecular formula is C25H32FN5O2. The third-order valence-electron chi connectivity index (χ3n) is 8.62. The molecule has 1 saturated carbocycles. The summed E-state index contributed by atoms with van der Waals surface area (Å²) >= 11 is 0. The number of benzene rings is 1. The molecule has 4 aliphatic heterocycles. The molecule has 0 radical (unpaired) electrons. The second-order valence-corrected chi connectivity index (χ2v) is 10.4. The number of likely N-dealkylation sites (tertiary alicyclic amines) is 1. The lowest BCUT2D eigenvalue weighted by Crippen LogP contribution is -2.52. The number of nitrogens with zero attached hydrogens (tertiary/aromatic N) is 3. The van der Waals surface area contributed by atoms with Crippen molar-refractivity contribution < 1.29 is 13.9 Å². The first-order valence-electron chi connectivity index (χ1n) is 12.5. The van der Waals surface area contributed by atoms with Crippen LogP contribution in [-0.4, -0.2) is 73.4 Å². The Bertz CT molecular complexity index is 963. The van der Waals surface area contributed by atoms with Gasteiger partial charge < -0.3 is 20.3 Å². The maximum absolute atomic E-state index is 15.1. The van der Waals surface area contributed by atoms with Crippen LogP contribution < -0.4 is 15.5 Å². The molecule has 7 nitrogen and oxygen atoms in total. The molecular weight excluding hydrogens is 421 g/mol. The summed E-state index contributed by atoms with van der Waals surface area (Å²) < 4.78 is 20.5. The molecule has 176 valence electrons. The van der Waals surface area contributed by atoms with Gasteiger partial charge in [0.15, 0.2) is 0 Å². The van der Waals surface area contributed by atoms with Gasteiger partial charge in [-0.15, -0.1) is 0 Å². The van der Waals surface area contributed by atoms with Gasteiger partial charge in [0.2, 0.25) is 5.91 Å². The summed E-state index contributed by atoms with van der Waals surface area (Å²) in [6.45, 7) is 3.69. The first-order chi connectivity index (χ1) is 16.1. The van der Waals surface area contributed by atoms with Gasteiger partial charge in [-0.2, -0.15) is 5.26 Å². The number of hydrogen-bond acceptors (Lipinski definition) is 6. The van der Waals surface area contributed by atoms with Crippen molar-refractivity contribution in [1.29, 1.82) is 5.26 Å². The van der Waals surface area contributed by atoms with Crippen LogP contribution in [0.4, 0.5) is 10.1 Å². The van der Waals surface area contributed by atoms with Crippen LogP contribution in [0.15, 0.2) is 18.2 Å². The smallest absolute Gasteiger partial charge is 0.238 e. The predicted molar refractivity (Wildman–Crippen MR) is 121 cm³/mol. The van der Waals surface area contributed by atoms with Crippen LogP contribution in [0.3, 0.4) is 0 Å². The second kappa shape index (κ2) is 8.53. The second-order valence-electron chi connectivity index (χ2n) is 10.4. The summed E-state index contributed by atoms with van der Waals surface area (Å²) in [5.41, 5.74) is 1.39. The van der Waals surface area contributed by atoms with E-state index in [2.05, 4.69) is 26.5 Å². The van der Waals surface area contributed by atoms with Crippen LogP contribution >= 0.6 is 0 Å². The number of carbonyl (C=O) groups is 1. The molecule has 1 amide bonds. The number of hydrogen-bond donors (Lipinski definition) is 2. The molecule has 33 heavy (non-hydrogen) atoms. The Morgan fingerprint density at radius 2 is 2.09 bits per heavy atom. The van der Waals surface area contributed by atoms with Crippen molar-refractivity contribution >= 4 is 11.6 Å². The lowest BCUT2D eigenvalue weighted by molar-refractivity contribution is -0.124. The van der Waals surface area contributed by atoms with E-state index in [4.69, 9.17) is 4.74 Å². The molecule has 0 aromatic heterocycles. The van der Waals surface area contributed by atoms with Crippen molar-refractivity contribution in [3.63, 3.8) is 0 Å². The Hall–Kier alpha value is -2.21. The van der Waals surface area contributed by atoms with Gasteiger partial charge in [-0.1, -0.05) is 6.07 Å². The summed E-state index contributed by atoms with van der Waals surface area (Å²) in [6, 6.07) is 8.51. The van der Waals surface area contributed by atoms with E-state index in [0.717, 1.165) is 64.1 Å². The minimum absolute atomic E-state index is 0.128. The number of anilines is 1. The van der Waals surface area contributed by atoms with E-state index < -0.39 is 6.04 Å². The van der Waals surface area contributed by atoms with Crippen LogP contribution in [0.1, 0.15) is 37.7 Å². The Kier molecular flexibility index (Phi) is 5.52. The molecule has 6 atom stereocenters. The summed E-state index contributed by atoms with van der Waals surface area (Å²) in [7, 11) is 0. The number of rotatable bonds is 6. The highest BCUT2D eigenvalue weighted by Crippen LogP contribution is 2.38. The maximum Gasteiger partial charge on any atom is 0.238 e. The molecule has 1 aromatic carbocycles. The molecule has 5 aliphatic rings. The van der Waals surface area contributed by atoms with Crippen molar-refractivity contribution in [2.75, 3.05) is 31.2 Å². The molecule has 2 N–H and O–H groups in total. The molecule has 8 heteroatoms. The fourth-order valence-electron chi connectivity index (χ4n) is 6.85. The van der Waals surface area contributed by atoms with Crippen molar-refractivity contribution in [2.24, 2.45) is 5.92 Å². The van der Waals surface area contributed by atoms with Crippen molar-refractivity contribution in [1.82, 2.24) is 15.5 Å². The summed E-state index contributed by atoms with van der Waals surface area (Å²) in [6.07, 6.45) is 5.60. The van der Waals surface area contributed by atoms with Crippen LogP contribution in [0.25, 0.3) is 0 Å². The molecule has 6 rings (SSSR count). The monoisotopic (exact) mass is 453 g/mol. The summed E-state index contributed by atoms with van der Waals surface area (Å²) in [5, 5.41) is 15.8. The number of piperidine rings is 1. The fraction of sp³-hybridized carbons (Fsp3) is 0.680. The average molecular weight is 454 g/mol. The number of ether oxygens (including phenoxy) is 1. The van der Waals surface area contributed by atoms with Gasteiger partial charge in [0, 0.05) is 43.3 Å². The van der Waals surface area contributed by atoms with Gasteiger partial charge in [0.05, 0.1) is 31.4 Å². The molecule has 4 unspecified atom stereocenters. The van der Waals surface area contributed by atoms with E-state index >= 15 is 4.39 Å². The minimum atomic E-state index is -0.733. The number of amides is 1. The van der Waals surface area contributed by atoms with E-state index in [1.807, 2.05) is 6.07 Å². The molecule has 4 saturated heterocycles. The van der Waals surface area contributed by atoms with Gasteiger partial charge in [-0.25, -0.2) is 4.39 Å². The van der Waals surface area contributed by atoms with E-state index in [9.17, 15) is 10.1 Å². The topological polar surface area (TPSA) is 80.6 Å². The van der Waals surface area contributed by atoms with Gasteiger partial charge in [0.25, 0.3) is 0 Å². The zero-order valence-corrected chi connectivity index (χ0v) is 18.9. The molecule has 2 bridgehead atoms. The summed E-state index contributed by atoms with van der Waals surface area (Å²) in [4.78, 5) is 17.6. The Labute approximate surface area is 194 Å². The van der Waals surface area contributed by atoms with Crippen LogP contribution in [0.5, 0.6) is 0 Å². The molecule has 5 fully saturated rings. The molecule has 1 aliphatic carbocycles. The lowest BCUT2D eigenvalue weighted by Gasteiger charge is -2.38. The first kappa shape index (κ1) is 21.3. The lowest BCUT2D eigenvalue weighted by atomic mass is 9.98. The third-order valence-corrected chi connectivity index (χ3v) is 8.62. The minimum Gasteiger partial charge on any atom is -0.378 e. The van der Waals surface area contributed by atoms with Gasteiger partial charge >= 0.3 is 0 Å². The number of nitrogens with one attached hydrogen (secondary N) is 2. The van der Waals surface area contributed by atoms with Crippen molar-refractivity contribution in [2.45, 2.75) is 74.8 Å². The standard InChI is InChI=1S/C25H32FN5O2/c26-21-11-19(30-7-5-23-22(30)6-8-31(23)20-13-33-14-20)4-2-15(21)9-18(12-27)29-25(32)24-16-1-3-17(10-16)28-24/h2,4,11,16-18,20,22-24,28H,1,3,5-10,13-14H2,(H,29,32)/t16?,17?,18-,22?,23?,24-/m0/s1. The van der Waals surface area contributed by atoms with Crippen molar-refractivity contribution in [3.8, 4) is 6.07 Å². The normalized spacial score (nSPS) is 34.2. The van der Waals surface area contributed by atoms with Gasteiger partial charge in [0.1, 0.15) is 11.9 Å². The van der Waals surface area contributed by atoms with E-state index in [1.54, 1.807) is 12.1 Å². The SMILES string of the molecule is N#C[C@H](Cc1ccc(N2CCC3C2CCN3C2COC2)cc1F)NC(=O)[C@H]1NC2CCC1C2. The highest BCUT2D eigenvalue weighted by molar-refractivity contribution is 5.83. The van der Waals surface area contributed by atoms with Crippen LogP contribution in [0, 0.1) is 23.1 Å². The maximum atomic E-state index is 15.1.